The third kappa shape index (κ3) is 4.48. The van der Waals surface area contributed by atoms with Crippen LogP contribution in [0.2, 0.25) is 0 Å². The number of nitrogens with zero attached hydrogens (tertiary/aromatic N) is 4. The quantitative estimate of drug-likeness (QED) is 0.711. The summed E-state index contributed by atoms with van der Waals surface area (Å²) >= 11 is 1.59. The minimum atomic E-state index is -4.36. The van der Waals surface area contributed by atoms with Crippen LogP contribution in [0.5, 0.6) is 0 Å². The lowest BCUT2D eigenvalue weighted by molar-refractivity contribution is -0.137. The van der Waals surface area contributed by atoms with E-state index in [1.165, 1.54) is 12.1 Å². The predicted molar refractivity (Wildman–Crippen MR) is 111 cm³/mol. The highest BCUT2D eigenvalue weighted by atomic mass is 32.1. The number of anilines is 2. The molecule has 1 atom stereocenters. The standard InChI is InChI=1S/C21H23F3N4S/c1-16-4-2-3-7-28(16)20-12-17(21(22,23)24)5-6-19(20)27-10-8-26(9-11-27)13-18-14-29-15-25-18/h2-7,12,14-16H,8-11,13H2,1H3. The number of allylic oxidation sites excluding steroid dienone is 2. The second-order valence-electron chi connectivity index (χ2n) is 7.32. The van der Waals surface area contributed by atoms with E-state index in [4.69, 9.17) is 0 Å². The molecule has 1 unspecified atom stereocenters. The third-order valence-corrected chi connectivity index (χ3v) is 5.98. The Morgan fingerprint density at radius 1 is 1.10 bits per heavy atom. The fourth-order valence-corrected chi connectivity index (χ4v) is 4.31. The molecule has 2 aliphatic rings. The van der Waals surface area contributed by atoms with Crippen LogP contribution in [0, 0.1) is 0 Å². The number of piperazine rings is 1. The van der Waals surface area contributed by atoms with Crippen LogP contribution < -0.4 is 9.80 Å². The van der Waals surface area contributed by atoms with Crippen molar-refractivity contribution in [1.29, 1.82) is 0 Å². The van der Waals surface area contributed by atoms with Crippen LogP contribution in [0.15, 0.2) is 53.5 Å². The molecule has 2 aromatic rings. The van der Waals surface area contributed by atoms with Gasteiger partial charge in [-0.2, -0.15) is 13.2 Å². The molecule has 3 heterocycles. The molecule has 2 aliphatic heterocycles. The highest BCUT2D eigenvalue weighted by molar-refractivity contribution is 7.07. The molecule has 1 aromatic carbocycles. The minimum Gasteiger partial charge on any atom is -0.367 e. The Hall–Kier alpha value is -2.32. The SMILES string of the molecule is CC1C=CC=CN1c1cc(C(F)(F)F)ccc1N1CCN(Cc2cscn2)CC1. The van der Waals surface area contributed by atoms with E-state index in [0.29, 0.717) is 5.69 Å². The molecule has 0 bridgehead atoms. The largest absolute Gasteiger partial charge is 0.416 e. The molecular formula is C21H23F3N4S. The summed E-state index contributed by atoms with van der Waals surface area (Å²) in [6.07, 6.45) is 3.25. The second kappa shape index (κ2) is 8.20. The average molecular weight is 421 g/mol. The average Bonchev–Trinajstić information content (AvgIpc) is 3.21. The molecule has 1 fully saturated rings. The van der Waals surface area contributed by atoms with Gasteiger partial charge >= 0.3 is 6.18 Å². The van der Waals surface area contributed by atoms with Gasteiger partial charge in [0.1, 0.15) is 0 Å². The highest BCUT2D eigenvalue weighted by Crippen LogP contribution is 2.39. The molecule has 4 rings (SSSR count). The first-order valence-corrected chi connectivity index (χ1v) is 10.5. The first kappa shape index (κ1) is 20.0. The monoisotopic (exact) mass is 420 g/mol. The number of aromatic nitrogens is 1. The Kier molecular flexibility index (Phi) is 5.65. The number of thiazole rings is 1. The molecule has 154 valence electrons. The number of hydrogen-bond acceptors (Lipinski definition) is 5. The van der Waals surface area contributed by atoms with Crippen molar-refractivity contribution in [2.75, 3.05) is 36.0 Å². The molecule has 4 nitrogen and oxygen atoms in total. The van der Waals surface area contributed by atoms with Gasteiger partial charge in [-0.25, -0.2) is 4.98 Å². The van der Waals surface area contributed by atoms with Gasteiger partial charge in [0.05, 0.1) is 28.1 Å². The lowest BCUT2D eigenvalue weighted by atomic mass is 10.1. The molecule has 0 spiro atoms. The van der Waals surface area contributed by atoms with E-state index in [9.17, 15) is 13.2 Å². The zero-order chi connectivity index (χ0) is 20.4. The van der Waals surface area contributed by atoms with E-state index in [1.54, 1.807) is 17.4 Å². The molecule has 0 aliphatic carbocycles. The molecule has 0 radical (unpaired) electrons. The number of rotatable bonds is 4. The Bertz CT molecular complexity index is 884. The van der Waals surface area contributed by atoms with Crippen molar-refractivity contribution < 1.29 is 13.2 Å². The maximum atomic E-state index is 13.4. The molecule has 29 heavy (non-hydrogen) atoms. The maximum absolute atomic E-state index is 13.4. The minimum absolute atomic E-state index is 0.00631. The van der Waals surface area contributed by atoms with Crippen LogP contribution in [0.4, 0.5) is 24.5 Å². The van der Waals surface area contributed by atoms with Gasteiger partial charge < -0.3 is 9.80 Å². The van der Waals surface area contributed by atoms with Gasteiger partial charge in [-0.15, -0.1) is 11.3 Å². The van der Waals surface area contributed by atoms with Gasteiger partial charge in [-0.1, -0.05) is 12.2 Å². The summed E-state index contributed by atoms with van der Waals surface area (Å²) in [7, 11) is 0. The van der Waals surface area contributed by atoms with Gasteiger partial charge in [0, 0.05) is 50.3 Å². The van der Waals surface area contributed by atoms with E-state index in [2.05, 4.69) is 20.2 Å². The molecule has 0 amide bonds. The Morgan fingerprint density at radius 3 is 2.55 bits per heavy atom. The van der Waals surface area contributed by atoms with Gasteiger partial charge in [0.15, 0.2) is 0 Å². The van der Waals surface area contributed by atoms with Crippen LogP contribution in [-0.4, -0.2) is 42.1 Å². The van der Waals surface area contributed by atoms with Crippen LogP contribution in [0.1, 0.15) is 18.2 Å². The maximum Gasteiger partial charge on any atom is 0.416 e. The van der Waals surface area contributed by atoms with Crippen LogP contribution >= 0.6 is 11.3 Å². The fourth-order valence-electron chi connectivity index (χ4n) is 3.76. The summed E-state index contributed by atoms with van der Waals surface area (Å²) in [6, 6.07) is 4.08. The third-order valence-electron chi connectivity index (χ3n) is 5.35. The smallest absolute Gasteiger partial charge is 0.367 e. The molecule has 1 aromatic heterocycles. The van der Waals surface area contributed by atoms with Gasteiger partial charge in [-0.3, -0.25) is 4.90 Å². The van der Waals surface area contributed by atoms with Crippen molar-refractivity contribution in [2.24, 2.45) is 0 Å². The molecule has 0 N–H and O–H groups in total. The Labute approximate surface area is 172 Å². The van der Waals surface area contributed by atoms with Crippen molar-refractivity contribution in [3.8, 4) is 0 Å². The fraction of sp³-hybridized carbons (Fsp3) is 0.381. The lowest BCUT2D eigenvalue weighted by Crippen LogP contribution is -2.46. The van der Waals surface area contributed by atoms with E-state index in [1.807, 2.05) is 41.8 Å². The summed E-state index contributed by atoms with van der Waals surface area (Å²) in [5, 5.41) is 2.05. The van der Waals surface area contributed by atoms with Crippen LogP contribution in [0.3, 0.4) is 0 Å². The van der Waals surface area contributed by atoms with E-state index < -0.39 is 11.7 Å². The van der Waals surface area contributed by atoms with Gasteiger partial charge in [-0.05, 0) is 31.2 Å². The lowest BCUT2D eigenvalue weighted by Gasteiger charge is -2.39. The number of benzene rings is 1. The summed E-state index contributed by atoms with van der Waals surface area (Å²) < 4.78 is 40.1. The van der Waals surface area contributed by atoms with Gasteiger partial charge in [0.25, 0.3) is 0 Å². The number of hydrogen-bond donors (Lipinski definition) is 0. The summed E-state index contributed by atoms with van der Waals surface area (Å²) in [4.78, 5) is 10.8. The van der Waals surface area contributed by atoms with E-state index in [0.717, 1.165) is 44.1 Å². The molecule has 8 heteroatoms. The summed E-state index contributed by atoms with van der Waals surface area (Å²) in [5.41, 5.74) is 3.73. The number of halogens is 3. The zero-order valence-electron chi connectivity index (χ0n) is 16.1. The predicted octanol–water partition coefficient (Wildman–Crippen LogP) is 4.76. The van der Waals surface area contributed by atoms with E-state index >= 15 is 0 Å². The zero-order valence-corrected chi connectivity index (χ0v) is 17.0. The topological polar surface area (TPSA) is 22.6 Å². The number of alkyl halides is 3. The van der Waals surface area contributed by atoms with Crippen LogP contribution in [-0.2, 0) is 12.7 Å². The van der Waals surface area contributed by atoms with Crippen molar-refractivity contribution in [3.63, 3.8) is 0 Å². The molecule has 0 saturated carbocycles. The first-order valence-electron chi connectivity index (χ1n) is 9.61. The van der Waals surface area contributed by atoms with Crippen molar-refractivity contribution in [1.82, 2.24) is 9.88 Å². The van der Waals surface area contributed by atoms with Crippen molar-refractivity contribution >= 4 is 22.7 Å². The van der Waals surface area contributed by atoms with E-state index in [-0.39, 0.29) is 6.04 Å². The molecule has 1 saturated heterocycles. The van der Waals surface area contributed by atoms with Crippen molar-refractivity contribution in [2.45, 2.75) is 25.7 Å². The van der Waals surface area contributed by atoms with Crippen molar-refractivity contribution in [3.05, 3.63) is 64.8 Å². The normalized spacial score (nSPS) is 20.5. The van der Waals surface area contributed by atoms with Crippen LogP contribution in [0.25, 0.3) is 0 Å². The summed E-state index contributed by atoms with van der Waals surface area (Å²) in [6.45, 7) is 6.03. The second-order valence-corrected chi connectivity index (χ2v) is 8.04. The first-order chi connectivity index (χ1) is 13.9. The van der Waals surface area contributed by atoms with Gasteiger partial charge in [0.2, 0.25) is 0 Å². The molecular weight excluding hydrogens is 397 g/mol. The Morgan fingerprint density at radius 2 is 1.90 bits per heavy atom. The highest BCUT2D eigenvalue weighted by Gasteiger charge is 2.33. The Balaban J connectivity index is 1.56. The summed E-state index contributed by atoms with van der Waals surface area (Å²) in [5.74, 6) is 0.